The van der Waals surface area contributed by atoms with Crippen molar-refractivity contribution in [1.29, 1.82) is 0 Å². The molecule has 110 valence electrons. The Kier molecular flexibility index (Phi) is 3.64. The molecule has 0 radical (unpaired) electrons. The summed E-state index contributed by atoms with van der Waals surface area (Å²) in [5.74, 6) is 0. The fourth-order valence-electron chi connectivity index (χ4n) is 2.36. The van der Waals surface area contributed by atoms with Crippen molar-refractivity contribution >= 4 is 11.0 Å². The Morgan fingerprint density at radius 2 is 1.80 bits per heavy atom. The molecule has 0 aliphatic carbocycles. The number of hydrogen-bond acceptors (Lipinski definition) is 2. The van der Waals surface area contributed by atoms with Crippen molar-refractivity contribution < 1.29 is 13.2 Å². The number of nitrogens with one attached hydrogen (secondary N) is 1. The smallest absolute Gasteiger partial charge is 0.313 e. The molecule has 1 aromatic carbocycles. The molecule has 7 heteroatoms. The first-order chi connectivity index (χ1) is 9.24. The second-order valence-corrected chi connectivity index (χ2v) is 4.81. The summed E-state index contributed by atoms with van der Waals surface area (Å²) in [7, 11) is 4.73. The van der Waals surface area contributed by atoms with Crippen LogP contribution in [-0.2, 0) is 14.1 Å². The zero-order chi connectivity index (χ0) is 15.1. The second-order valence-electron chi connectivity index (χ2n) is 4.81. The van der Waals surface area contributed by atoms with E-state index in [2.05, 4.69) is 5.32 Å². The van der Waals surface area contributed by atoms with E-state index in [0.717, 1.165) is 0 Å². The van der Waals surface area contributed by atoms with Gasteiger partial charge in [-0.2, -0.15) is 13.2 Å². The number of aryl methyl sites for hydroxylation is 2. The van der Waals surface area contributed by atoms with Crippen LogP contribution in [-0.4, -0.2) is 22.4 Å². The SMILES string of the molecule is CNC(CC(F)(F)F)c1ccc2c(c1)n(C)c(=O)n2C. The summed E-state index contributed by atoms with van der Waals surface area (Å²) in [6.45, 7) is 0. The maximum absolute atomic E-state index is 12.5. The number of halogens is 3. The summed E-state index contributed by atoms with van der Waals surface area (Å²) >= 11 is 0. The second kappa shape index (κ2) is 4.97. The molecule has 4 nitrogen and oxygen atoms in total. The molecule has 0 saturated heterocycles. The van der Waals surface area contributed by atoms with Gasteiger partial charge in [0, 0.05) is 20.1 Å². The van der Waals surface area contributed by atoms with E-state index < -0.39 is 18.6 Å². The lowest BCUT2D eigenvalue weighted by Gasteiger charge is -2.18. The molecule has 0 saturated carbocycles. The van der Waals surface area contributed by atoms with Crippen LogP contribution in [0.1, 0.15) is 18.0 Å². The minimum absolute atomic E-state index is 0.200. The van der Waals surface area contributed by atoms with E-state index in [4.69, 9.17) is 0 Å². The number of aromatic nitrogens is 2. The topological polar surface area (TPSA) is 39.0 Å². The number of hydrogen-bond donors (Lipinski definition) is 1. The van der Waals surface area contributed by atoms with Crippen molar-refractivity contribution in [3.8, 4) is 0 Å². The van der Waals surface area contributed by atoms with Crippen molar-refractivity contribution in [2.24, 2.45) is 14.1 Å². The van der Waals surface area contributed by atoms with Crippen LogP contribution < -0.4 is 11.0 Å². The molecule has 2 aromatic rings. The number of fused-ring (bicyclic) bond motifs is 1. The third kappa shape index (κ3) is 2.58. The molecule has 1 heterocycles. The molecule has 0 aliphatic rings. The van der Waals surface area contributed by atoms with Gasteiger partial charge in [-0.1, -0.05) is 6.07 Å². The minimum Gasteiger partial charge on any atom is -0.313 e. The van der Waals surface area contributed by atoms with Gasteiger partial charge < -0.3 is 5.32 Å². The Labute approximate surface area is 113 Å². The number of alkyl halides is 3. The first kappa shape index (κ1) is 14.6. The van der Waals surface area contributed by atoms with Gasteiger partial charge in [0.2, 0.25) is 0 Å². The average Bonchev–Trinajstić information content (AvgIpc) is 2.60. The van der Waals surface area contributed by atoms with Crippen LogP contribution in [0.25, 0.3) is 11.0 Å². The highest BCUT2D eigenvalue weighted by Gasteiger charge is 2.32. The van der Waals surface area contributed by atoms with Gasteiger partial charge in [0.15, 0.2) is 0 Å². The third-order valence-electron chi connectivity index (χ3n) is 3.48. The molecule has 0 amide bonds. The van der Waals surface area contributed by atoms with E-state index in [-0.39, 0.29) is 5.69 Å². The molecule has 1 atom stereocenters. The van der Waals surface area contributed by atoms with Gasteiger partial charge in [-0.25, -0.2) is 4.79 Å². The molecule has 1 unspecified atom stereocenters. The molecule has 0 bridgehead atoms. The predicted octanol–water partition coefficient (Wildman–Crippen LogP) is 2.09. The molecular weight excluding hydrogens is 271 g/mol. The Hall–Kier alpha value is -1.76. The number of nitrogens with zero attached hydrogens (tertiary/aromatic N) is 2. The summed E-state index contributed by atoms with van der Waals surface area (Å²) < 4.78 is 40.5. The maximum atomic E-state index is 12.5. The third-order valence-corrected chi connectivity index (χ3v) is 3.48. The van der Waals surface area contributed by atoms with E-state index in [1.165, 1.54) is 16.2 Å². The quantitative estimate of drug-likeness (QED) is 0.939. The van der Waals surface area contributed by atoms with Crippen LogP contribution in [0.5, 0.6) is 0 Å². The van der Waals surface area contributed by atoms with Gasteiger partial charge in [0.1, 0.15) is 0 Å². The van der Waals surface area contributed by atoms with Crippen LogP contribution in [0.3, 0.4) is 0 Å². The summed E-state index contributed by atoms with van der Waals surface area (Å²) in [4.78, 5) is 11.8. The molecule has 0 aliphatic heterocycles. The highest BCUT2D eigenvalue weighted by Crippen LogP contribution is 2.30. The van der Waals surface area contributed by atoms with Gasteiger partial charge in [0.25, 0.3) is 0 Å². The van der Waals surface area contributed by atoms with Crippen LogP contribution in [0.2, 0.25) is 0 Å². The molecule has 2 rings (SSSR count). The molecule has 1 aromatic heterocycles. The Balaban J connectivity index is 2.50. The van der Waals surface area contributed by atoms with E-state index >= 15 is 0 Å². The van der Waals surface area contributed by atoms with Crippen LogP contribution in [0, 0.1) is 0 Å². The monoisotopic (exact) mass is 287 g/mol. The van der Waals surface area contributed by atoms with Crippen molar-refractivity contribution in [2.75, 3.05) is 7.05 Å². The van der Waals surface area contributed by atoms with Gasteiger partial charge >= 0.3 is 11.9 Å². The first-order valence-corrected chi connectivity index (χ1v) is 6.14. The van der Waals surface area contributed by atoms with Crippen LogP contribution in [0.15, 0.2) is 23.0 Å². The Morgan fingerprint density at radius 3 is 2.35 bits per heavy atom. The number of benzene rings is 1. The molecule has 0 spiro atoms. The first-order valence-electron chi connectivity index (χ1n) is 6.14. The lowest BCUT2D eigenvalue weighted by atomic mass is 10.0. The van der Waals surface area contributed by atoms with Gasteiger partial charge in [-0.3, -0.25) is 9.13 Å². The lowest BCUT2D eigenvalue weighted by Crippen LogP contribution is -2.23. The summed E-state index contributed by atoms with van der Waals surface area (Å²) in [6, 6.07) is 4.10. The van der Waals surface area contributed by atoms with Crippen LogP contribution in [0.4, 0.5) is 13.2 Å². The summed E-state index contributed by atoms with van der Waals surface area (Å²) in [6.07, 6.45) is -5.19. The van der Waals surface area contributed by atoms with E-state index in [0.29, 0.717) is 16.6 Å². The maximum Gasteiger partial charge on any atom is 0.390 e. The average molecular weight is 287 g/mol. The normalized spacial score (nSPS) is 13.9. The van der Waals surface area contributed by atoms with Crippen LogP contribution >= 0.6 is 0 Å². The zero-order valence-corrected chi connectivity index (χ0v) is 11.5. The summed E-state index contributed by atoms with van der Waals surface area (Å²) in [5, 5.41) is 2.67. The molecule has 20 heavy (non-hydrogen) atoms. The van der Waals surface area contributed by atoms with Crippen molar-refractivity contribution in [3.63, 3.8) is 0 Å². The van der Waals surface area contributed by atoms with Gasteiger partial charge in [-0.15, -0.1) is 0 Å². The number of rotatable bonds is 3. The van der Waals surface area contributed by atoms with Gasteiger partial charge in [-0.05, 0) is 24.7 Å². The highest BCUT2D eigenvalue weighted by molar-refractivity contribution is 5.77. The fourth-order valence-corrected chi connectivity index (χ4v) is 2.36. The Bertz CT molecular complexity index is 684. The minimum atomic E-state index is -4.24. The molecule has 1 N–H and O–H groups in total. The summed E-state index contributed by atoms with van der Waals surface area (Å²) in [5.41, 5.74) is 1.63. The molecular formula is C13H16F3N3O. The highest BCUT2D eigenvalue weighted by atomic mass is 19.4. The Morgan fingerprint density at radius 1 is 1.20 bits per heavy atom. The van der Waals surface area contributed by atoms with Crippen molar-refractivity contribution in [1.82, 2.24) is 14.5 Å². The molecule has 0 fully saturated rings. The van der Waals surface area contributed by atoms with Crippen molar-refractivity contribution in [2.45, 2.75) is 18.6 Å². The van der Waals surface area contributed by atoms with E-state index in [1.54, 1.807) is 32.3 Å². The lowest BCUT2D eigenvalue weighted by molar-refractivity contribution is -0.140. The van der Waals surface area contributed by atoms with E-state index in [9.17, 15) is 18.0 Å². The van der Waals surface area contributed by atoms with E-state index in [1.807, 2.05) is 0 Å². The number of imidazole rings is 1. The van der Waals surface area contributed by atoms with Gasteiger partial charge in [0.05, 0.1) is 17.5 Å². The zero-order valence-electron chi connectivity index (χ0n) is 11.5. The van der Waals surface area contributed by atoms with Crippen molar-refractivity contribution in [3.05, 3.63) is 34.2 Å². The fraction of sp³-hybridized carbons (Fsp3) is 0.462. The predicted molar refractivity (Wildman–Crippen MR) is 70.6 cm³/mol. The standard InChI is InChI=1S/C13H16F3N3O/c1-17-9(7-13(14,15)16)8-4-5-10-11(6-8)19(3)12(20)18(10)2/h4-6,9,17H,7H2,1-3H3. The largest absolute Gasteiger partial charge is 0.390 e.